The molecule has 3 nitrogen and oxygen atoms in total. The van der Waals surface area contributed by atoms with Crippen LogP contribution in [0.5, 0.6) is 11.5 Å². The van der Waals surface area contributed by atoms with Crippen molar-refractivity contribution >= 4 is 29.4 Å². The van der Waals surface area contributed by atoms with Crippen molar-refractivity contribution in [3.63, 3.8) is 0 Å². The molecule has 0 aliphatic heterocycles. The highest BCUT2D eigenvalue weighted by atomic mass is 35.5. The molecule has 0 amide bonds. The maximum absolute atomic E-state index is 6.09. The minimum atomic E-state index is 0. The second-order valence-corrected chi connectivity index (χ2v) is 7.02. The Labute approximate surface area is 165 Å². The molecule has 26 heavy (non-hydrogen) atoms. The van der Waals surface area contributed by atoms with Gasteiger partial charge in [0.1, 0.15) is 6.61 Å². The first-order valence-electron chi connectivity index (χ1n) is 8.29. The first-order valence-corrected chi connectivity index (χ1v) is 9.17. The molecule has 5 heteroatoms. The van der Waals surface area contributed by atoms with E-state index in [1.807, 2.05) is 18.2 Å². The average Bonchev–Trinajstić information content (AvgIpc) is 3.13. The van der Waals surface area contributed by atoms with Crippen LogP contribution < -0.4 is 14.8 Å². The third-order valence-electron chi connectivity index (χ3n) is 4.07. The fourth-order valence-corrected chi connectivity index (χ4v) is 3.38. The summed E-state index contributed by atoms with van der Waals surface area (Å²) >= 11 is 1.69. The van der Waals surface area contributed by atoms with Gasteiger partial charge < -0.3 is 14.8 Å². The van der Waals surface area contributed by atoms with Crippen molar-refractivity contribution in [1.29, 1.82) is 0 Å². The number of benzene rings is 2. The van der Waals surface area contributed by atoms with Gasteiger partial charge in [-0.25, -0.2) is 0 Å². The van der Waals surface area contributed by atoms with Crippen LogP contribution in [0, 0.1) is 13.8 Å². The number of nitrogens with one attached hydrogen (secondary N) is 1. The summed E-state index contributed by atoms with van der Waals surface area (Å²) < 4.78 is 11.6. The molecule has 3 aromatic rings. The first kappa shape index (κ1) is 20.1. The highest BCUT2D eigenvalue weighted by Crippen LogP contribution is 2.33. The van der Waals surface area contributed by atoms with E-state index in [2.05, 4.69) is 54.9 Å². The predicted octanol–water partition coefficient (Wildman–Crippen LogP) is 5.99. The Bertz CT molecular complexity index is 834. The lowest BCUT2D eigenvalue weighted by Crippen LogP contribution is -2.05. The fraction of sp³-hybridized carbons (Fsp3) is 0.238. The van der Waals surface area contributed by atoms with Crippen molar-refractivity contribution in [3.8, 4) is 11.5 Å². The molecule has 0 unspecified atom stereocenters. The van der Waals surface area contributed by atoms with Gasteiger partial charge in [-0.05, 0) is 43.0 Å². The molecule has 0 atom stereocenters. The van der Waals surface area contributed by atoms with Gasteiger partial charge in [-0.3, -0.25) is 0 Å². The second-order valence-electron chi connectivity index (χ2n) is 5.99. The van der Waals surface area contributed by atoms with E-state index in [-0.39, 0.29) is 12.4 Å². The lowest BCUT2D eigenvalue weighted by Gasteiger charge is -2.16. The summed E-state index contributed by atoms with van der Waals surface area (Å²) in [5.41, 5.74) is 4.72. The number of para-hydroxylation sites is 1. The maximum atomic E-state index is 6.09. The highest BCUT2D eigenvalue weighted by molar-refractivity contribution is 7.09. The summed E-state index contributed by atoms with van der Waals surface area (Å²) in [5, 5.41) is 5.57. The molecule has 0 aliphatic rings. The lowest BCUT2D eigenvalue weighted by atomic mass is 10.1. The van der Waals surface area contributed by atoms with E-state index in [0.717, 1.165) is 22.7 Å². The van der Waals surface area contributed by atoms with E-state index in [1.54, 1.807) is 18.4 Å². The first-order chi connectivity index (χ1) is 12.2. The van der Waals surface area contributed by atoms with E-state index < -0.39 is 0 Å². The number of anilines is 1. The van der Waals surface area contributed by atoms with Crippen LogP contribution in [0.25, 0.3) is 0 Å². The predicted molar refractivity (Wildman–Crippen MR) is 112 cm³/mol. The van der Waals surface area contributed by atoms with Gasteiger partial charge in [-0.1, -0.05) is 35.9 Å². The fourth-order valence-electron chi connectivity index (χ4n) is 2.77. The Kier molecular flexibility index (Phi) is 7.37. The number of methoxy groups -OCH3 is 1. The number of halogens is 1. The van der Waals surface area contributed by atoms with Crippen LogP contribution in [-0.4, -0.2) is 7.11 Å². The third kappa shape index (κ3) is 4.93. The van der Waals surface area contributed by atoms with Crippen LogP contribution in [0.2, 0.25) is 0 Å². The molecule has 3 rings (SSSR count). The number of thiophene rings is 1. The number of ether oxygens (including phenoxy) is 2. The van der Waals surface area contributed by atoms with Gasteiger partial charge in [0.2, 0.25) is 0 Å². The molecule has 0 fully saturated rings. The largest absolute Gasteiger partial charge is 0.493 e. The van der Waals surface area contributed by atoms with Crippen LogP contribution in [0.3, 0.4) is 0 Å². The molecule has 0 saturated heterocycles. The topological polar surface area (TPSA) is 30.5 Å². The van der Waals surface area contributed by atoms with Gasteiger partial charge >= 0.3 is 0 Å². The van der Waals surface area contributed by atoms with Crippen LogP contribution in [0.1, 0.15) is 21.6 Å². The van der Waals surface area contributed by atoms with Gasteiger partial charge in [-0.15, -0.1) is 23.7 Å². The van der Waals surface area contributed by atoms with Crippen LogP contribution >= 0.6 is 23.7 Å². The summed E-state index contributed by atoms with van der Waals surface area (Å²) in [5.74, 6) is 1.56. The SMILES string of the molecule is COc1cccc(CNc2ccc(C)cc2C)c1OCc1cccs1.Cl. The molecule has 0 aliphatic carbocycles. The molecule has 0 saturated carbocycles. The molecule has 0 radical (unpaired) electrons. The molecular weight excluding hydrogens is 366 g/mol. The van der Waals surface area contributed by atoms with E-state index >= 15 is 0 Å². The molecule has 2 aromatic carbocycles. The van der Waals surface area contributed by atoms with Crippen molar-refractivity contribution in [2.75, 3.05) is 12.4 Å². The summed E-state index contributed by atoms with van der Waals surface area (Å²) in [7, 11) is 1.68. The summed E-state index contributed by atoms with van der Waals surface area (Å²) in [6, 6.07) is 16.5. The van der Waals surface area contributed by atoms with E-state index in [4.69, 9.17) is 9.47 Å². The van der Waals surface area contributed by atoms with E-state index in [9.17, 15) is 0 Å². The number of rotatable bonds is 7. The molecule has 0 bridgehead atoms. The zero-order valence-electron chi connectivity index (χ0n) is 15.2. The Morgan fingerprint density at radius 3 is 2.58 bits per heavy atom. The average molecular weight is 390 g/mol. The monoisotopic (exact) mass is 389 g/mol. The van der Waals surface area contributed by atoms with Crippen LogP contribution in [-0.2, 0) is 13.2 Å². The lowest BCUT2D eigenvalue weighted by molar-refractivity contribution is 0.284. The van der Waals surface area contributed by atoms with Crippen molar-refractivity contribution in [3.05, 3.63) is 75.5 Å². The van der Waals surface area contributed by atoms with Gasteiger partial charge in [-0.2, -0.15) is 0 Å². The molecule has 0 spiro atoms. The quantitative estimate of drug-likeness (QED) is 0.538. The molecule has 1 heterocycles. The van der Waals surface area contributed by atoms with Crippen LogP contribution in [0.15, 0.2) is 53.9 Å². The Morgan fingerprint density at radius 1 is 1.04 bits per heavy atom. The normalized spacial score (nSPS) is 10.1. The zero-order chi connectivity index (χ0) is 17.6. The summed E-state index contributed by atoms with van der Waals surface area (Å²) in [4.78, 5) is 1.19. The molecule has 138 valence electrons. The third-order valence-corrected chi connectivity index (χ3v) is 4.92. The summed E-state index contributed by atoms with van der Waals surface area (Å²) in [6.45, 7) is 5.46. The molecule has 1 aromatic heterocycles. The van der Waals surface area contributed by atoms with Gasteiger partial charge in [0.25, 0.3) is 0 Å². The van der Waals surface area contributed by atoms with Gasteiger partial charge in [0, 0.05) is 22.7 Å². The Balaban J connectivity index is 0.00000243. The summed E-state index contributed by atoms with van der Waals surface area (Å²) in [6.07, 6.45) is 0. The maximum Gasteiger partial charge on any atom is 0.166 e. The molecular formula is C21H24ClNO2S. The zero-order valence-corrected chi connectivity index (χ0v) is 16.9. The number of hydrogen-bond donors (Lipinski definition) is 1. The number of aryl methyl sites for hydroxylation is 2. The van der Waals surface area contributed by atoms with Crippen molar-refractivity contribution in [2.45, 2.75) is 27.0 Å². The standard InChI is InChI=1S/C21H23NO2S.ClH/c1-15-9-10-19(16(2)12-15)22-13-17-6-4-8-20(23-3)21(17)24-14-18-7-5-11-25-18;/h4-12,22H,13-14H2,1-3H3;1H. The number of hydrogen-bond acceptors (Lipinski definition) is 4. The van der Waals surface area contributed by atoms with Crippen molar-refractivity contribution in [1.82, 2.24) is 0 Å². The highest BCUT2D eigenvalue weighted by Gasteiger charge is 2.11. The second kappa shape index (κ2) is 9.51. The Hall–Kier alpha value is -2.17. The van der Waals surface area contributed by atoms with Gasteiger partial charge in [0.15, 0.2) is 11.5 Å². The van der Waals surface area contributed by atoms with E-state index in [0.29, 0.717) is 13.2 Å². The minimum Gasteiger partial charge on any atom is -0.493 e. The van der Waals surface area contributed by atoms with Crippen molar-refractivity contribution < 1.29 is 9.47 Å². The smallest absolute Gasteiger partial charge is 0.166 e. The van der Waals surface area contributed by atoms with Gasteiger partial charge in [0.05, 0.1) is 7.11 Å². The van der Waals surface area contributed by atoms with Crippen molar-refractivity contribution in [2.24, 2.45) is 0 Å². The minimum absolute atomic E-state index is 0. The van der Waals surface area contributed by atoms with E-state index in [1.165, 1.54) is 16.0 Å². The molecule has 1 N–H and O–H groups in total. The van der Waals surface area contributed by atoms with Crippen LogP contribution in [0.4, 0.5) is 5.69 Å². The Morgan fingerprint density at radius 2 is 1.88 bits per heavy atom.